The Balaban J connectivity index is 0.000000325. The number of fused-ring (bicyclic) bond motifs is 3. The number of halogens is 4. The summed E-state index contributed by atoms with van der Waals surface area (Å²) in [4.78, 5) is 46.6. The smallest absolute Gasteiger partial charge is 0.233 e. The molecule has 2 bridgehead atoms. The highest BCUT2D eigenvalue weighted by Crippen LogP contribution is 2.44. The van der Waals surface area contributed by atoms with Gasteiger partial charge < -0.3 is 45.0 Å². The van der Waals surface area contributed by atoms with Gasteiger partial charge in [0.1, 0.15) is 46.3 Å². The number of terminal acetylenes is 1. The summed E-state index contributed by atoms with van der Waals surface area (Å²) in [5.41, 5.74) is 2.07. The number of likely N-dealkylation sites (tertiary alicyclic amines) is 3. The number of amides is 2. The van der Waals surface area contributed by atoms with E-state index in [1.807, 2.05) is 17.9 Å². The normalized spacial score (nSPS) is 22.0. The van der Waals surface area contributed by atoms with Gasteiger partial charge in [0, 0.05) is 93.1 Å². The fourth-order valence-corrected chi connectivity index (χ4v) is 12.5. The molecule has 0 aliphatic carbocycles. The average Bonchev–Trinajstić information content (AvgIpc) is 2.94. The molecule has 2 amide bonds. The first kappa shape index (κ1) is 59.0. The number of rotatable bonds is 14. The van der Waals surface area contributed by atoms with E-state index < -0.39 is 23.3 Å². The van der Waals surface area contributed by atoms with E-state index in [-0.39, 0.29) is 74.5 Å². The van der Waals surface area contributed by atoms with E-state index >= 15 is 8.78 Å². The lowest BCUT2D eigenvalue weighted by molar-refractivity contribution is -0.135. The Kier molecular flexibility index (Phi) is 18.4. The lowest BCUT2D eigenvalue weighted by Crippen LogP contribution is -2.60. The van der Waals surface area contributed by atoms with Gasteiger partial charge in [-0.25, -0.2) is 22.6 Å². The zero-order chi connectivity index (χ0) is 58.4. The van der Waals surface area contributed by atoms with Crippen LogP contribution in [0.15, 0.2) is 110 Å². The van der Waals surface area contributed by atoms with Gasteiger partial charge in [-0.05, 0) is 125 Å². The minimum absolute atomic E-state index is 0.0327. The Hall–Kier alpha value is -7.66. The van der Waals surface area contributed by atoms with Gasteiger partial charge in [-0.15, -0.1) is 6.42 Å². The lowest BCUT2D eigenvalue weighted by atomic mass is 9.72. The van der Waals surface area contributed by atoms with Crippen molar-refractivity contribution in [2.24, 2.45) is 26.3 Å². The van der Waals surface area contributed by atoms with Crippen LogP contribution in [-0.4, -0.2) is 145 Å². The van der Waals surface area contributed by atoms with E-state index in [4.69, 9.17) is 21.0 Å². The summed E-state index contributed by atoms with van der Waals surface area (Å²) in [7, 11) is 1.00. The van der Waals surface area contributed by atoms with Crippen LogP contribution in [0.25, 0.3) is 27.6 Å². The molecule has 5 aromatic rings. The molecule has 432 valence electrons. The number of benzene rings is 4. The Labute approximate surface area is 476 Å². The zero-order valence-corrected chi connectivity index (χ0v) is 47.1. The van der Waals surface area contributed by atoms with Gasteiger partial charge in [0.2, 0.25) is 12.3 Å². The number of phenols is 1. The minimum Gasteiger partial charge on any atom is -0.508 e. The second-order valence-electron chi connectivity index (χ2n) is 22.5. The molecule has 82 heavy (non-hydrogen) atoms. The SMILES string of the molecule is C#Cc1c(F)ccc2cc(O)cc(C3=C(F)C(=NCCN4CCC5(CC4)CN(c4cc(C(C(=O)N6CCCC6C)C(C)C)on4)C5)/C(=C(\N=C)N4CC5CCC(C4)N5)C=N3)c12.CC(NC=O)c1ccc(-c2c(F)cccc2F)cc1.CO. The zero-order valence-electron chi connectivity index (χ0n) is 47.1. The van der Waals surface area contributed by atoms with Crippen LogP contribution in [0.4, 0.5) is 23.4 Å². The Morgan fingerprint density at radius 3 is 2.28 bits per heavy atom. The van der Waals surface area contributed by atoms with Crippen molar-refractivity contribution in [1.29, 1.82) is 0 Å². The Bertz CT molecular complexity index is 3300. The highest BCUT2D eigenvalue weighted by atomic mass is 19.1. The first-order valence-corrected chi connectivity index (χ1v) is 28.2. The molecular weight excluding hydrogens is 1050 g/mol. The number of anilines is 1. The number of carbonyl (C=O) groups excluding carboxylic acids is 2. The highest BCUT2D eigenvalue weighted by Gasteiger charge is 2.46. The van der Waals surface area contributed by atoms with E-state index in [1.54, 1.807) is 30.5 Å². The van der Waals surface area contributed by atoms with Gasteiger partial charge in [-0.1, -0.05) is 61.3 Å². The van der Waals surface area contributed by atoms with Crippen LogP contribution in [0, 0.1) is 41.1 Å². The molecule has 5 saturated heterocycles. The molecular formula is C63H72F4N10O5. The summed E-state index contributed by atoms with van der Waals surface area (Å²) in [5, 5.41) is 29.1. The largest absolute Gasteiger partial charge is 0.508 e. The molecule has 4 N–H and O–H groups in total. The van der Waals surface area contributed by atoms with Crippen LogP contribution in [0.1, 0.15) is 101 Å². The van der Waals surface area contributed by atoms with Crippen molar-refractivity contribution in [2.45, 2.75) is 96.3 Å². The molecule has 5 unspecified atom stereocenters. The molecule has 19 heteroatoms. The van der Waals surface area contributed by atoms with Gasteiger partial charge in [0.05, 0.1) is 29.3 Å². The summed E-state index contributed by atoms with van der Waals surface area (Å²) in [6.45, 7) is 18.6. The number of piperazine rings is 1. The first-order chi connectivity index (χ1) is 39.6. The number of nitrogens with zero attached hydrogens (tertiary/aromatic N) is 8. The number of hydrogen-bond acceptors (Lipinski definition) is 13. The maximum atomic E-state index is 17.2. The van der Waals surface area contributed by atoms with Crippen molar-refractivity contribution in [1.82, 2.24) is 30.5 Å². The molecule has 4 aromatic carbocycles. The fraction of sp³-hybridized carbons (Fsp3) is 0.429. The Morgan fingerprint density at radius 2 is 1.66 bits per heavy atom. The number of allylic oxidation sites excluding steroid dienone is 2. The van der Waals surface area contributed by atoms with E-state index in [2.05, 4.69) is 73.9 Å². The van der Waals surface area contributed by atoms with Crippen molar-refractivity contribution in [2.75, 3.05) is 70.9 Å². The van der Waals surface area contributed by atoms with Crippen LogP contribution >= 0.6 is 0 Å². The molecule has 15 nitrogen and oxygen atoms in total. The molecule has 0 radical (unpaired) electrons. The molecule has 6 aliphatic heterocycles. The number of aromatic hydroxyl groups is 1. The van der Waals surface area contributed by atoms with Crippen molar-refractivity contribution >= 4 is 53.2 Å². The molecule has 0 saturated carbocycles. The van der Waals surface area contributed by atoms with Gasteiger partial charge >= 0.3 is 0 Å². The summed E-state index contributed by atoms with van der Waals surface area (Å²) in [6.07, 6.45) is 14.2. The van der Waals surface area contributed by atoms with Crippen LogP contribution in [0.2, 0.25) is 0 Å². The summed E-state index contributed by atoms with van der Waals surface area (Å²) < 4.78 is 65.3. The van der Waals surface area contributed by atoms with Gasteiger partial charge in [0.25, 0.3) is 0 Å². The van der Waals surface area contributed by atoms with Gasteiger partial charge in [-0.3, -0.25) is 19.6 Å². The van der Waals surface area contributed by atoms with Crippen molar-refractivity contribution < 1.29 is 41.9 Å². The summed E-state index contributed by atoms with van der Waals surface area (Å²) in [5.74, 6) is 1.63. The number of aromatic nitrogens is 1. The molecule has 6 aliphatic rings. The predicted octanol–water partition coefficient (Wildman–Crippen LogP) is 9.57. The number of aliphatic hydroxyl groups is 1. The number of phenolic OH excluding ortho intramolecular Hbond substituents is 1. The maximum absolute atomic E-state index is 17.2. The number of aliphatic hydroxyl groups excluding tert-OH is 1. The third-order valence-corrected chi connectivity index (χ3v) is 16.9. The Morgan fingerprint density at radius 1 is 0.963 bits per heavy atom. The number of carbonyl (C=O) groups is 2. The molecule has 11 rings (SSSR count). The third kappa shape index (κ3) is 12.3. The molecule has 1 aromatic heterocycles. The van der Waals surface area contributed by atoms with Gasteiger partial charge in [0.15, 0.2) is 17.4 Å². The number of nitrogens with one attached hydrogen (secondary N) is 2. The summed E-state index contributed by atoms with van der Waals surface area (Å²) >= 11 is 0. The van der Waals surface area contributed by atoms with Crippen molar-refractivity contribution in [3.8, 4) is 29.2 Å². The standard InChI is InChI=1S/C47H55F2N9O3.C15H13F2NO.CH4O/c1-6-34-37(48)12-9-30-20-33(59)21-35(41(30)34)43-42(49)44(36(23-52-43)45(50-5)56-24-31-10-11-32(25-56)53-31)51-15-19-55-17-13-47(14-18-55)26-57(27-47)39-22-38(61-54-39)40(28(2)3)46(60)58-16-7-8-29(58)4;1-10(18-9-19)11-5-7-12(8-6-11)15-13(16)3-2-4-14(15)17;1-2/h1,9,12,20-23,28-29,31-32,40,53,59H,5,7-8,10-11,13-19,24-27H2,2-4H3;2-10H,1H3,(H,18,19);2H,1H3/b45-36+,51-44?;;. The number of piperidine rings is 1. The van der Waals surface area contributed by atoms with E-state index in [0.29, 0.717) is 72.8 Å². The van der Waals surface area contributed by atoms with E-state index in [1.165, 1.54) is 42.5 Å². The number of aliphatic imine (C=N–C) groups is 3. The van der Waals surface area contributed by atoms with E-state index in [9.17, 15) is 23.5 Å². The minimum atomic E-state index is -0.700. The van der Waals surface area contributed by atoms with Gasteiger partial charge in [-0.2, -0.15) is 0 Å². The summed E-state index contributed by atoms with van der Waals surface area (Å²) in [6, 6.07) is 18.8. The third-order valence-electron chi connectivity index (χ3n) is 16.9. The van der Waals surface area contributed by atoms with Crippen molar-refractivity contribution in [3.05, 3.63) is 130 Å². The van der Waals surface area contributed by atoms with Crippen LogP contribution in [-0.2, 0) is 9.59 Å². The fourth-order valence-electron chi connectivity index (χ4n) is 12.5. The van der Waals surface area contributed by atoms with Crippen molar-refractivity contribution in [3.63, 3.8) is 0 Å². The first-order valence-electron chi connectivity index (χ1n) is 28.2. The van der Waals surface area contributed by atoms with Crippen LogP contribution in [0.5, 0.6) is 5.75 Å². The molecule has 1 spiro atoms. The average molecular weight is 1130 g/mol. The lowest BCUT2D eigenvalue weighted by Gasteiger charge is -2.54. The van der Waals surface area contributed by atoms with E-state index in [0.717, 1.165) is 89.7 Å². The highest BCUT2D eigenvalue weighted by molar-refractivity contribution is 6.29. The quantitative estimate of drug-likeness (QED) is 0.0363. The molecule has 7 heterocycles. The second kappa shape index (κ2) is 25.6. The molecule has 5 fully saturated rings. The number of hydrogen-bond donors (Lipinski definition) is 4. The second-order valence-corrected chi connectivity index (χ2v) is 22.5. The predicted molar refractivity (Wildman–Crippen MR) is 313 cm³/mol. The van der Waals surface area contributed by atoms with Crippen LogP contribution < -0.4 is 15.5 Å². The van der Waals surface area contributed by atoms with Crippen LogP contribution in [0.3, 0.4) is 0 Å². The topological polar surface area (TPSA) is 175 Å². The monoisotopic (exact) mass is 1120 g/mol. The molecule has 5 atom stereocenters. The maximum Gasteiger partial charge on any atom is 0.233 e.